The molecule has 6 aromatic carbocycles. The van der Waals surface area contributed by atoms with Crippen molar-refractivity contribution in [3.63, 3.8) is 0 Å². The number of ketones is 2. The van der Waals surface area contributed by atoms with Gasteiger partial charge in [0.1, 0.15) is 11.5 Å². The zero-order chi connectivity index (χ0) is 28.5. The number of para-hydroxylation sites is 2. The summed E-state index contributed by atoms with van der Waals surface area (Å²) in [7, 11) is 0. The van der Waals surface area contributed by atoms with Crippen LogP contribution in [0.3, 0.4) is 0 Å². The second kappa shape index (κ2) is 15.8. The molecule has 0 radical (unpaired) electrons. The fourth-order valence-electron chi connectivity index (χ4n) is 3.80. The monoisotopic (exact) mass is 534 g/mol. The smallest absolute Gasteiger partial charge is 0.193 e. The molecule has 0 aliphatic heterocycles. The highest BCUT2D eigenvalue weighted by atomic mass is 16.5. The van der Waals surface area contributed by atoms with Crippen molar-refractivity contribution in [1.82, 2.24) is 0 Å². The van der Waals surface area contributed by atoms with E-state index >= 15 is 0 Å². The largest absolute Gasteiger partial charge is 0.457 e. The van der Waals surface area contributed by atoms with Crippen molar-refractivity contribution in [3.05, 3.63) is 204 Å². The van der Waals surface area contributed by atoms with Crippen molar-refractivity contribution in [2.45, 2.75) is 0 Å². The van der Waals surface area contributed by atoms with Crippen LogP contribution < -0.4 is 4.74 Å². The highest BCUT2D eigenvalue weighted by molar-refractivity contribution is 6.09. The summed E-state index contributed by atoms with van der Waals surface area (Å²) < 4.78 is 5.58. The molecule has 6 rings (SSSR count). The maximum atomic E-state index is 11.8. The quantitative estimate of drug-likeness (QED) is 0.200. The van der Waals surface area contributed by atoms with Crippen LogP contribution in [0.2, 0.25) is 0 Å². The van der Waals surface area contributed by atoms with Gasteiger partial charge in [0.2, 0.25) is 0 Å². The van der Waals surface area contributed by atoms with Gasteiger partial charge >= 0.3 is 0 Å². The Morgan fingerprint density at radius 1 is 0.293 bits per heavy atom. The number of carbonyl (C=O) groups is 2. The minimum absolute atomic E-state index is 0.0752. The normalized spacial score (nSPS) is 9.66. The topological polar surface area (TPSA) is 43.4 Å². The third-order valence-corrected chi connectivity index (χ3v) is 5.87. The Morgan fingerprint density at radius 2 is 0.488 bits per heavy atom. The zero-order valence-corrected chi connectivity index (χ0v) is 22.5. The molecule has 0 aliphatic carbocycles. The first-order valence-electron chi connectivity index (χ1n) is 13.3. The van der Waals surface area contributed by atoms with Crippen LogP contribution in [0.5, 0.6) is 11.5 Å². The summed E-state index contributed by atoms with van der Waals surface area (Å²) in [6.07, 6.45) is 0. The Hall–Kier alpha value is -5.54. The van der Waals surface area contributed by atoms with Crippen LogP contribution in [0.1, 0.15) is 31.8 Å². The number of rotatable bonds is 6. The van der Waals surface area contributed by atoms with Crippen LogP contribution in [-0.4, -0.2) is 11.6 Å². The van der Waals surface area contributed by atoms with Crippen LogP contribution in [0.25, 0.3) is 0 Å². The molecule has 0 bridgehead atoms. The molecule has 0 heterocycles. The SMILES string of the molecule is O=C(c1ccccc1)c1ccccc1.O=C(c1ccccc1)c1ccccc1.c1ccc(Oc2ccccc2)cc1. The summed E-state index contributed by atoms with van der Waals surface area (Å²) >= 11 is 0. The fraction of sp³-hybridized carbons (Fsp3) is 0. The third kappa shape index (κ3) is 9.31. The van der Waals surface area contributed by atoms with Gasteiger partial charge < -0.3 is 4.74 Å². The van der Waals surface area contributed by atoms with Gasteiger partial charge in [0.05, 0.1) is 0 Å². The van der Waals surface area contributed by atoms with E-state index < -0.39 is 0 Å². The van der Waals surface area contributed by atoms with E-state index in [1.807, 2.05) is 182 Å². The number of carbonyl (C=O) groups excluding carboxylic acids is 2. The van der Waals surface area contributed by atoms with E-state index in [4.69, 9.17) is 4.74 Å². The first-order valence-corrected chi connectivity index (χ1v) is 13.3. The molecule has 0 atom stereocenters. The first-order chi connectivity index (χ1) is 20.2. The standard InChI is InChI=1S/2C13H10O.C12H10O/c2*14-13(11-7-3-1-4-8-11)12-9-5-2-6-10-12;1-3-7-11(8-4-1)13-12-9-5-2-6-10-12/h2*1-10H;1-10H. The van der Waals surface area contributed by atoms with Gasteiger partial charge in [-0.1, -0.05) is 158 Å². The lowest BCUT2D eigenvalue weighted by Gasteiger charge is -2.03. The van der Waals surface area contributed by atoms with Crippen molar-refractivity contribution >= 4 is 11.6 Å². The zero-order valence-electron chi connectivity index (χ0n) is 22.5. The van der Waals surface area contributed by atoms with Crippen LogP contribution in [0.4, 0.5) is 0 Å². The van der Waals surface area contributed by atoms with E-state index in [1.165, 1.54) is 0 Å². The molecule has 0 saturated heterocycles. The minimum Gasteiger partial charge on any atom is -0.457 e. The van der Waals surface area contributed by atoms with Crippen molar-refractivity contribution in [3.8, 4) is 11.5 Å². The highest BCUT2D eigenvalue weighted by Crippen LogP contribution is 2.19. The molecule has 6 aromatic rings. The van der Waals surface area contributed by atoms with Gasteiger partial charge in [0, 0.05) is 22.3 Å². The molecule has 0 spiro atoms. The number of ether oxygens (including phenoxy) is 1. The Kier molecular flexibility index (Phi) is 11.0. The molecule has 0 N–H and O–H groups in total. The van der Waals surface area contributed by atoms with Crippen LogP contribution >= 0.6 is 0 Å². The molecule has 0 saturated carbocycles. The van der Waals surface area contributed by atoms with Gasteiger partial charge in [-0.3, -0.25) is 9.59 Å². The molecule has 200 valence electrons. The molecular formula is C38H30O3. The second-order valence-electron chi connectivity index (χ2n) is 8.85. The molecule has 0 amide bonds. The molecular weight excluding hydrogens is 504 g/mol. The van der Waals surface area contributed by atoms with Gasteiger partial charge in [-0.05, 0) is 24.3 Å². The van der Waals surface area contributed by atoms with Crippen molar-refractivity contribution in [1.29, 1.82) is 0 Å². The fourth-order valence-corrected chi connectivity index (χ4v) is 3.80. The van der Waals surface area contributed by atoms with E-state index in [0.29, 0.717) is 0 Å². The lowest BCUT2D eigenvalue weighted by Crippen LogP contribution is -1.99. The lowest BCUT2D eigenvalue weighted by atomic mass is 10.0. The van der Waals surface area contributed by atoms with Crippen LogP contribution in [-0.2, 0) is 0 Å². The summed E-state index contributed by atoms with van der Waals surface area (Å²) in [6.45, 7) is 0. The summed E-state index contributed by atoms with van der Waals surface area (Å²) in [5.74, 6) is 1.89. The number of hydrogen-bond donors (Lipinski definition) is 0. The lowest BCUT2D eigenvalue weighted by molar-refractivity contribution is 0.103. The molecule has 0 aromatic heterocycles. The molecule has 3 heteroatoms. The molecule has 3 nitrogen and oxygen atoms in total. The van der Waals surface area contributed by atoms with Crippen LogP contribution in [0.15, 0.2) is 182 Å². The second-order valence-corrected chi connectivity index (χ2v) is 8.85. The van der Waals surface area contributed by atoms with Crippen molar-refractivity contribution < 1.29 is 14.3 Å². The Balaban J connectivity index is 0.000000142. The Labute approximate surface area is 241 Å². The van der Waals surface area contributed by atoms with E-state index in [-0.39, 0.29) is 11.6 Å². The molecule has 0 fully saturated rings. The van der Waals surface area contributed by atoms with Crippen molar-refractivity contribution in [2.24, 2.45) is 0 Å². The number of benzene rings is 6. The predicted octanol–water partition coefficient (Wildman–Crippen LogP) is 9.31. The summed E-state index contributed by atoms with van der Waals surface area (Å²) in [5.41, 5.74) is 2.94. The maximum Gasteiger partial charge on any atom is 0.193 e. The molecule has 0 unspecified atom stereocenters. The first kappa shape index (κ1) is 28.5. The van der Waals surface area contributed by atoms with Gasteiger partial charge in [-0.2, -0.15) is 0 Å². The maximum absolute atomic E-state index is 11.8. The summed E-state index contributed by atoms with van der Waals surface area (Å²) in [4.78, 5) is 23.7. The van der Waals surface area contributed by atoms with E-state index in [1.54, 1.807) is 0 Å². The molecule has 0 aliphatic rings. The Morgan fingerprint density at radius 3 is 0.707 bits per heavy atom. The highest BCUT2D eigenvalue weighted by Gasteiger charge is 2.07. The van der Waals surface area contributed by atoms with Gasteiger partial charge in [-0.25, -0.2) is 0 Å². The average molecular weight is 535 g/mol. The Bertz CT molecular complexity index is 1380. The molecule has 41 heavy (non-hydrogen) atoms. The van der Waals surface area contributed by atoms with E-state index in [9.17, 15) is 9.59 Å². The average Bonchev–Trinajstić information content (AvgIpc) is 3.07. The van der Waals surface area contributed by atoms with E-state index in [0.717, 1.165) is 33.8 Å². The van der Waals surface area contributed by atoms with Gasteiger partial charge in [0.15, 0.2) is 11.6 Å². The van der Waals surface area contributed by atoms with Crippen LogP contribution in [0, 0.1) is 0 Å². The predicted molar refractivity (Wildman–Crippen MR) is 166 cm³/mol. The third-order valence-electron chi connectivity index (χ3n) is 5.87. The van der Waals surface area contributed by atoms with Gasteiger partial charge in [0.25, 0.3) is 0 Å². The van der Waals surface area contributed by atoms with E-state index in [2.05, 4.69) is 0 Å². The minimum atomic E-state index is 0.0752. The van der Waals surface area contributed by atoms with Crippen molar-refractivity contribution in [2.75, 3.05) is 0 Å². The number of hydrogen-bond acceptors (Lipinski definition) is 3. The summed E-state index contributed by atoms with van der Waals surface area (Å²) in [5, 5.41) is 0. The van der Waals surface area contributed by atoms with Gasteiger partial charge in [-0.15, -0.1) is 0 Å². The summed E-state index contributed by atoms with van der Waals surface area (Å²) in [6, 6.07) is 56.7.